The predicted molar refractivity (Wildman–Crippen MR) is 50.4 cm³/mol. The van der Waals surface area contributed by atoms with Gasteiger partial charge in [-0.2, -0.15) is 0 Å². The Balaban J connectivity index is 2.94. The molecule has 1 aromatic rings. The number of anilines is 1. The van der Waals surface area contributed by atoms with Crippen molar-refractivity contribution in [3.63, 3.8) is 0 Å². The lowest BCUT2D eigenvalue weighted by atomic mass is 10.3. The summed E-state index contributed by atoms with van der Waals surface area (Å²) in [7, 11) is 0. The first-order chi connectivity index (χ1) is 6.52. The standard InChI is InChI=1S/C8H9N3O3/c1-6(12)10(9)7-2-4-8(5-3-7)11(13)14/h2-5H,9H2,1H3. The third kappa shape index (κ3) is 2.05. The van der Waals surface area contributed by atoms with Gasteiger partial charge in [-0.25, -0.2) is 10.9 Å². The van der Waals surface area contributed by atoms with Gasteiger partial charge in [0.15, 0.2) is 0 Å². The second kappa shape index (κ2) is 3.84. The van der Waals surface area contributed by atoms with E-state index in [0.29, 0.717) is 5.69 Å². The molecule has 1 rings (SSSR count). The van der Waals surface area contributed by atoms with Crippen LogP contribution in [0.15, 0.2) is 24.3 Å². The zero-order valence-electron chi connectivity index (χ0n) is 7.51. The third-order valence-corrected chi connectivity index (χ3v) is 1.68. The van der Waals surface area contributed by atoms with E-state index >= 15 is 0 Å². The van der Waals surface area contributed by atoms with E-state index in [0.717, 1.165) is 5.01 Å². The van der Waals surface area contributed by atoms with Crippen LogP contribution < -0.4 is 10.9 Å². The molecule has 2 N–H and O–H groups in total. The first kappa shape index (κ1) is 10.1. The molecule has 0 aliphatic carbocycles. The van der Waals surface area contributed by atoms with Gasteiger partial charge in [0, 0.05) is 19.1 Å². The highest BCUT2D eigenvalue weighted by atomic mass is 16.6. The lowest BCUT2D eigenvalue weighted by molar-refractivity contribution is -0.384. The van der Waals surface area contributed by atoms with Gasteiger partial charge < -0.3 is 0 Å². The van der Waals surface area contributed by atoms with Crippen molar-refractivity contribution in [3.05, 3.63) is 34.4 Å². The van der Waals surface area contributed by atoms with Crippen molar-refractivity contribution < 1.29 is 9.72 Å². The van der Waals surface area contributed by atoms with Crippen LogP contribution in [0, 0.1) is 10.1 Å². The normalized spacial score (nSPS) is 9.57. The van der Waals surface area contributed by atoms with Crippen molar-refractivity contribution in [2.24, 2.45) is 5.84 Å². The summed E-state index contributed by atoms with van der Waals surface area (Å²) in [6.45, 7) is 1.31. The van der Waals surface area contributed by atoms with Crippen LogP contribution in [-0.2, 0) is 4.79 Å². The number of nitro benzene ring substituents is 1. The molecule has 0 atom stereocenters. The van der Waals surface area contributed by atoms with Gasteiger partial charge in [0.25, 0.3) is 5.69 Å². The van der Waals surface area contributed by atoms with Crippen molar-refractivity contribution in [1.29, 1.82) is 0 Å². The smallest absolute Gasteiger partial charge is 0.269 e. The van der Waals surface area contributed by atoms with Crippen LogP contribution in [0.5, 0.6) is 0 Å². The minimum absolute atomic E-state index is 0.0364. The maximum Gasteiger partial charge on any atom is 0.269 e. The van der Waals surface area contributed by atoms with Gasteiger partial charge in [-0.3, -0.25) is 14.9 Å². The summed E-state index contributed by atoms with van der Waals surface area (Å²) < 4.78 is 0. The second-order valence-electron chi connectivity index (χ2n) is 2.66. The molecule has 0 spiro atoms. The van der Waals surface area contributed by atoms with Crippen molar-refractivity contribution in [2.75, 3.05) is 5.01 Å². The van der Waals surface area contributed by atoms with Gasteiger partial charge in [0.05, 0.1) is 10.6 Å². The summed E-state index contributed by atoms with van der Waals surface area (Å²) in [4.78, 5) is 20.6. The van der Waals surface area contributed by atoms with Gasteiger partial charge in [0.2, 0.25) is 5.91 Å². The SMILES string of the molecule is CC(=O)N(N)c1ccc([N+](=O)[O-])cc1. The van der Waals surface area contributed by atoms with Gasteiger partial charge in [-0.05, 0) is 12.1 Å². The van der Waals surface area contributed by atoms with Crippen LogP contribution in [-0.4, -0.2) is 10.8 Å². The second-order valence-corrected chi connectivity index (χ2v) is 2.66. The van der Waals surface area contributed by atoms with Gasteiger partial charge in [-0.1, -0.05) is 0 Å². The monoisotopic (exact) mass is 195 g/mol. The average molecular weight is 195 g/mol. The molecule has 0 radical (unpaired) electrons. The molecule has 0 aliphatic rings. The lowest BCUT2D eigenvalue weighted by Gasteiger charge is -2.13. The number of non-ortho nitro benzene ring substituents is 1. The molecule has 0 unspecified atom stereocenters. The fraction of sp³-hybridized carbons (Fsp3) is 0.125. The summed E-state index contributed by atoms with van der Waals surface area (Å²) >= 11 is 0. The minimum Gasteiger partial charge on any atom is -0.273 e. The van der Waals surface area contributed by atoms with Crippen LogP contribution in [0.1, 0.15) is 6.92 Å². The number of carbonyl (C=O) groups excluding carboxylic acids is 1. The van der Waals surface area contributed by atoms with Crippen molar-refractivity contribution in [2.45, 2.75) is 6.92 Å². The molecule has 6 heteroatoms. The van der Waals surface area contributed by atoms with Crippen molar-refractivity contribution in [1.82, 2.24) is 0 Å². The minimum atomic E-state index is -0.515. The Morgan fingerprint density at radius 1 is 1.43 bits per heavy atom. The molecule has 1 amide bonds. The molecule has 14 heavy (non-hydrogen) atoms. The topological polar surface area (TPSA) is 89.5 Å². The number of hydrogen-bond donors (Lipinski definition) is 1. The Bertz CT molecular complexity index is 361. The quantitative estimate of drug-likeness (QED) is 0.327. The van der Waals surface area contributed by atoms with E-state index in [2.05, 4.69) is 0 Å². The highest BCUT2D eigenvalue weighted by molar-refractivity contribution is 5.90. The maximum atomic E-state index is 10.8. The summed E-state index contributed by atoms with van der Waals surface area (Å²) in [5.74, 6) is 5.04. The van der Waals surface area contributed by atoms with E-state index < -0.39 is 4.92 Å². The van der Waals surface area contributed by atoms with Crippen LogP contribution in [0.3, 0.4) is 0 Å². The van der Waals surface area contributed by atoms with E-state index in [-0.39, 0.29) is 11.6 Å². The summed E-state index contributed by atoms with van der Waals surface area (Å²) in [6.07, 6.45) is 0. The maximum absolute atomic E-state index is 10.8. The van der Waals surface area contributed by atoms with Gasteiger partial charge in [-0.15, -0.1) is 0 Å². The Labute approximate surface area is 80.0 Å². The highest BCUT2D eigenvalue weighted by Gasteiger charge is 2.08. The number of nitrogens with zero attached hydrogens (tertiary/aromatic N) is 2. The van der Waals surface area contributed by atoms with Crippen LogP contribution in [0.4, 0.5) is 11.4 Å². The summed E-state index contributed by atoms with van der Waals surface area (Å²) in [5, 5.41) is 11.2. The molecule has 0 fully saturated rings. The Morgan fingerprint density at radius 3 is 2.29 bits per heavy atom. The number of rotatable bonds is 2. The largest absolute Gasteiger partial charge is 0.273 e. The van der Waals surface area contributed by atoms with Crippen LogP contribution >= 0.6 is 0 Å². The number of amides is 1. The molecular weight excluding hydrogens is 186 g/mol. The molecular formula is C8H9N3O3. The van der Waals surface area contributed by atoms with E-state index in [1.165, 1.54) is 31.2 Å². The number of benzene rings is 1. The zero-order valence-corrected chi connectivity index (χ0v) is 7.51. The van der Waals surface area contributed by atoms with Crippen LogP contribution in [0.25, 0.3) is 0 Å². The van der Waals surface area contributed by atoms with E-state index in [1.807, 2.05) is 0 Å². The fourth-order valence-corrected chi connectivity index (χ4v) is 0.917. The molecule has 0 heterocycles. The van der Waals surface area contributed by atoms with E-state index in [9.17, 15) is 14.9 Å². The zero-order chi connectivity index (χ0) is 10.7. The van der Waals surface area contributed by atoms with Crippen molar-refractivity contribution >= 4 is 17.3 Å². The van der Waals surface area contributed by atoms with Gasteiger partial charge in [0.1, 0.15) is 0 Å². The lowest BCUT2D eigenvalue weighted by Crippen LogP contribution is -2.35. The molecule has 6 nitrogen and oxygen atoms in total. The fourth-order valence-electron chi connectivity index (χ4n) is 0.917. The Hall–Kier alpha value is -1.95. The molecule has 0 saturated carbocycles. The Kier molecular flexibility index (Phi) is 2.78. The third-order valence-electron chi connectivity index (χ3n) is 1.68. The number of hydrazine groups is 1. The molecule has 0 aliphatic heterocycles. The number of nitrogens with two attached hydrogens (primary N) is 1. The number of carbonyl (C=O) groups is 1. The molecule has 0 aromatic heterocycles. The van der Waals surface area contributed by atoms with Crippen molar-refractivity contribution in [3.8, 4) is 0 Å². The first-order valence-corrected chi connectivity index (χ1v) is 3.82. The molecule has 0 saturated heterocycles. The number of hydrogen-bond acceptors (Lipinski definition) is 4. The molecule has 74 valence electrons. The predicted octanol–water partition coefficient (Wildman–Crippen LogP) is 0.821. The highest BCUT2D eigenvalue weighted by Crippen LogP contribution is 2.17. The molecule has 0 bridgehead atoms. The summed E-state index contributed by atoms with van der Waals surface area (Å²) in [6, 6.07) is 5.41. The first-order valence-electron chi connectivity index (χ1n) is 3.82. The Morgan fingerprint density at radius 2 is 1.93 bits per heavy atom. The van der Waals surface area contributed by atoms with E-state index in [4.69, 9.17) is 5.84 Å². The van der Waals surface area contributed by atoms with Gasteiger partial charge >= 0.3 is 0 Å². The summed E-state index contributed by atoms with van der Waals surface area (Å²) in [5.41, 5.74) is 0.383. The molecule has 1 aromatic carbocycles. The van der Waals surface area contributed by atoms with Crippen LogP contribution in [0.2, 0.25) is 0 Å². The average Bonchev–Trinajstić information content (AvgIpc) is 2.16. The number of nitro groups is 1. The van der Waals surface area contributed by atoms with E-state index in [1.54, 1.807) is 0 Å².